The Morgan fingerprint density at radius 1 is 1.31 bits per heavy atom. The highest BCUT2D eigenvalue weighted by atomic mass is 19.1. The van der Waals surface area contributed by atoms with E-state index < -0.39 is 0 Å². The van der Waals surface area contributed by atoms with Crippen molar-refractivity contribution < 1.29 is 9.18 Å². The van der Waals surface area contributed by atoms with Gasteiger partial charge in [0, 0.05) is 30.7 Å². The molecule has 2 rings (SSSR count). The van der Waals surface area contributed by atoms with Crippen molar-refractivity contribution in [3.05, 3.63) is 41.5 Å². The summed E-state index contributed by atoms with van der Waals surface area (Å²) in [5, 5.41) is 10.9. The van der Waals surface area contributed by atoms with Gasteiger partial charge in [0.1, 0.15) is 23.1 Å². The lowest BCUT2D eigenvalue weighted by atomic mass is 10.0. The van der Waals surface area contributed by atoms with Gasteiger partial charge in [0.25, 0.3) is 0 Å². The molecule has 0 unspecified atom stereocenters. The van der Waals surface area contributed by atoms with Gasteiger partial charge in [-0.1, -0.05) is 19.8 Å². The van der Waals surface area contributed by atoms with Gasteiger partial charge >= 0.3 is 0 Å². The second-order valence-electron chi connectivity index (χ2n) is 6.37. The molecule has 1 aromatic heterocycles. The summed E-state index contributed by atoms with van der Waals surface area (Å²) >= 11 is 0. The molecule has 0 bridgehead atoms. The molecule has 0 aliphatic carbocycles. The molecule has 0 fully saturated rings. The van der Waals surface area contributed by atoms with E-state index in [0.717, 1.165) is 36.9 Å². The standard InChI is InChI=1S/C20H27FN4O/c1-3-16(26)7-5-4-6-8-17(23-2)19-18(13-22)24-20(25-19)14-9-11-15(21)12-10-14/h9-13,17,22-23H,3-8H2,1-2H3,(H,24,25)/t17-/m0/s1. The summed E-state index contributed by atoms with van der Waals surface area (Å²) in [6, 6.07) is 6.19. The topological polar surface area (TPSA) is 81.6 Å². The van der Waals surface area contributed by atoms with Crippen molar-refractivity contribution in [2.75, 3.05) is 7.05 Å². The quantitative estimate of drug-likeness (QED) is 0.411. The van der Waals surface area contributed by atoms with Crippen molar-refractivity contribution in [3.8, 4) is 11.4 Å². The third-order valence-electron chi connectivity index (χ3n) is 4.56. The molecule has 0 saturated carbocycles. The van der Waals surface area contributed by atoms with Crippen molar-refractivity contribution in [3.63, 3.8) is 0 Å². The molecule has 1 aromatic carbocycles. The van der Waals surface area contributed by atoms with Gasteiger partial charge in [0.15, 0.2) is 0 Å². The highest BCUT2D eigenvalue weighted by Gasteiger charge is 2.18. The van der Waals surface area contributed by atoms with Crippen molar-refractivity contribution in [1.29, 1.82) is 5.41 Å². The first-order valence-corrected chi connectivity index (χ1v) is 9.14. The number of aromatic nitrogens is 2. The summed E-state index contributed by atoms with van der Waals surface area (Å²) in [4.78, 5) is 19.1. The van der Waals surface area contributed by atoms with Crippen LogP contribution in [0.4, 0.5) is 4.39 Å². The van der Waals surface area contributed by atoms with Crippen molar-refractivity contribution in [1.82, 2.24) is 15.3 Å². The SMILES string of the molecule is CCC(=O)CCCCC[C@H](NC)c1[nH]c(-c2ccc(F)cc2)nc1C=N. The first kappa shape index (κ1) is 20.0. The fourth-order valence-corrected chi connectivity index (χ4v) is 2.98. The molecule has 0 spiro atoms. The zero-order valence-corrected chi connectivity index (χ0v) is 15.4. The number of carbonyl (C=O) groups is 1. The number of Topliss-reactive ketones (excluding diaryl/α,β-unsaturated/α-hetero) is 1. The third kappa shape index (κ3) is 5.33. The number of nitrogens with zero attached hydrogens (tertiary/aromatic N) is 1. The molecule has 0 aliphatic rings. The fraction of sp³-hybridized carbons (Fsp3) is 0.450. The van der Waals surface area contributed by atoms with E-state index in [-0.39, 0.29) is 11.9 Å². The van der Waals surface area contributed by atoms with Crippen LogP contribution in [0.1, 0.15) is 62.9 Å². The Kier molecular flexibility index (Phi) is 7.66. The molecular weight excluding hydrogens is 331 g/mol. The Hall–Kier alpha value is -2.34. The summed E-state index contributed by atoms with van der Waals surface area (Å²) in [5.41, 5.74) is 2.24. The first-order valence-electron chi connectivity index (χ1n) is 9.14. The van der Waals surface area contributed by atoms with Gasteiger partial charge < -0.3 is 15.7 Å². The van der Waals surface area contributed by atoms with E-state index in [1.54, 1.807) is 12.1 Å². The molecule has 6 heteroatoms. The number of halogens is 1. The number of H-pyrrole nitrogens is 1. The molecule has 0 amide bonds. The Labute approximate surface area is 153 Å². The van der Waals surface area contributed by atoms with Crippen LogP contribution in [0.25, 0.3) is 11.4 Å². The molecule has 1 atom stereocenters. The van der Waals surface area contributed by atoms with E-state index in [1.165, 1.54) is 18.3 Å². The summed E-state index contributed by atoms with van der Waals surface area (Å²) < 4.78 is 13.1. The number of hydrogen-bond acceptors (Lipinski definition) is 4. The lowest BCUT2D eigenvalue weighted by Gasteiger charge is -2.15. The van der Waals surface area contributed by atoms with Crippen LogP contribution in [0.3, 0.4) is 0 Å². The van der Waals surface area contributed by atoms with Crippen LogP contribution < -0.4 is 5.32 Å². The monoisotopic (exact) mass is 358 g/mol. The van der Waals surface area contributed by atoms with Gasteiger partial charge in [0.2, 0.25) is 0 Å². The van der Waals surface area contributed by atoms with Gasteiger partial charge in [-0.15, -0.1) is 0 Å². The number of unbranched alkanes of at least 4 members (excludes halogenated alkanes) is 2. The Balaban J connectivity index is 2.03. The minimum absolute atomic E-state index is 0.0511. The van der Waals surface area contributed by atoms with Crippen LogP contribution in [0.15, 0.2) is 24.3 Å². The van der Waals surface area contributed by atoms with Gasteiger partial charge in [-0.05, 0) is 44.2 Å². The number of aromatic amines is 1. The predicted octanol–water partition coefficient (Wildman–Crippen LogP) is 4.40. The van der Waals surface area contributed by atoms with E-state index in [2.05, 4.69) is 15.3 Å². The maximum absolute atomic E-state index is 13.1. The largest absolute Gasteiger partial charge is 0.340 e. The molecule has 5 nitrogen and oxygen atoms in total. The minimum Gasteiger partial charge on any atom is -0.340 e. The van der Waals surface area contributed by atoms with E-state index in [4.69, 9.17) is 5.41 Å². The maximum atomic E-state index is 13.1. The third-order valence-corrected chi connectivity index (χ3v) is 4.56. The van der Waals surface area contributed by atoms with Gasteiger partial charge in [-0.25, -0.2) is 9.37 Å². The highest BCUT2D eigenvalue weighted by molar-refractivity contribution is 5.78. The van der Waals surface area contributed by atoms with Gasteiger partial charge in [-0.3, -0.25) is 4.79 Å². The molecule has 0 saturated heterocycles. The number of rotatable bonds is 11. The number of imidazole rings is 1. The molecule has 1 heterocycles. The van der Waals surface area contributed by atoms with Gasteiger partial charge in [-0.2, -0.15) is 0 Å². The molecule has 0 aliphatic heterocycles. The Morgan fingerprint density at radius 3 is 2.65 bits per heavy atom. The zero-order chi connectivity index (χ0) is 18.9. The highest BCUT2D eigenvalue weighted by Crippen LogP contribution is 2.25. The Bertz CT molecular complexity index is 724. The average Bonchev–Trinajstić information content (AvgIpc) is 3.09. The summed E-state index contributed by atoms with van der Waals surface area (Å²) in [6.45, 7) is 1.90. The summed E-state index contributed by atoms with van der Waals surface area (Å²) in [5.74, 6) is 0.661. The average molecular weight is 358 g/mol. The molecular formula is C20H27FN4O. The van der Waals surface area contributed by atoms with Crippen molar-refractivity contribution in [2.45, 2.75) is 51.5 Å². The lowest BCUT2D eigenvalue weighted by molar-refractivity contribution is -0.118. The fourth-order valence-electron chi connectivity index (χ4n) is 2.98. The van der Waals surface area contributed by atoms with Crippen molar-refractivity contribution >= 4 is 12.0 Å². The van der Waals surface area contributed by atoms with Crippen LogP contribution in [0.2, 0.25) is 0 Å². The van der Waals surface area contributed by atoms with Crippen molar-refractivity contribution in [2.24, 2.45) is 0 Å². The molecule has 140 valence electrons. The molecule has 3 N–H and O–H groups in total. The van der Waals surface area contributed by atoms with E-state index in [0.29, 0.717) is 30.1 Å². The second kappa shape index (κ2) is 9.97. The predicted molar refractivity (Wildman–Crippen MR) is 102 cm³/mol. The first-order chi connectivity index (χ1) is 12.6. The van der Waals surface area contributed by atoms with Crippen LogP contribution in [-0.4, -0.2) is 29.0 Å². The lowest BCUT2D eigenvalue weighted by Crippen LogP contribution is -2.18. The zero-order valence-electron chi connectivity index (χ0n) is 15.4. The Morgan fingerprint density at radius 2 is 2.04 bits per heavy atom. The smallest absolute Gasteiger partial charge is 0.138 e. The van der Waals surface area contributed by atoms with E-state index in [1.807, 2.05) is 14.0 Å². The summed E-state index contributed by atoms with van der Waals surface area (Å²) in [7, 11) is 1.89. The van der Waals surface area contributed by atoms with Crippen LogP contribution in [0, 0.1) is 11.2 Å². The molecule has 0 radical (unpaired) electrons. The summed E-state index contributed by atoms with van der Waals surface area (Å²) in [6.07, 6.45) is 6.32. The second-order valence-corrected chi connectivity index (χ2v) is 6.37. The molecule has 26 heavy (non-hydrogen) atoms. The number of carbonyl (C=O) groups excluding carboxylic acids is 1. The van der Waals surface area contributed by atoms with Crippen LogP contribution >= 0.6 is 0 Å². The molecule has 2 aromatic rings. The number of nitrogens with one attached hydrogen (secondary N) is 3. The minimum atomic E-state index is -0.289. The van der Waals surface area contributed by atoms with Crippen LogP contribution in [-0.2, 0) is 4.79 Å². The number of hydrogen-bond donors (Lipinski definition) is 3. The normalized spacial score (nSPS) is 12.1. The maximum Gasteiger partial charge on any atom is 0.138 e. The number of benzene rings is 1. The van der Waals surface area contributed by atoms with E-state index in [9.17, 15) is 9.18 Å². The van der Waals surface area contributed by atoms with Crippen LogP contribution in [0.5, 0.6) is 0 Å². The van der Waals surface area contributed by atoms with E-state index >= 15 is 0 Å². The number of ketones is 1. The van der Waals surface area contributed by atoms with Gasteiger partial charge in [0.05, 0.1) is 5.69 Å².